The van der Waals surface area contributed by atoms with Crippen LogP contribution < -0.4 is 0 Å². The second-order valence-corrected chi connectivity index (χ2v) is 5.64. The van der Waals surface area contributed by atoms with Crippen molar-refractivity contribution in [1.29, 1.82) is 0 Å². The van der Waals surface area contributed by atoms with Gasteiger partial charge in [0.2, 0.25) is 0 Å². The molecule has 0 saturated heterocycles. The molecule has 0 N–H and O–H groups in total. The molecular formula is C18H15N5O2. The average Bonchev–Trinajstić information content (AvgIpc) is 3.29. The third-order valence-corrected chi connectivity index (χ3v) is 3.72. The highest BCUT2D eigenvalue weighted by atomic mass is 16.5. The van der Waals surface area contributed by atoms with E-state index in [-0.39, 0.29) is 6.61 Å². The van der Waals surface area contributed by atoms with Gasteiger partial charge in [-0.3, -0.25) is 0 Å². The number of ether oxygens (including phenoxy) is 1. The van der Waals surface area contributed by atoms with E-state index >= 15 is 0 Å². The summed E-state index contributed by atoms with van der Waals surface area (Å²) in [7, 11) is 0. The van der Waals surface area contributed by atoms with Gasteiger partial charge in [0.05, 0.1) is 11.3 Å². The van der Waals surface area contributed by atoms with Gasteiger partial charge in [-0.1, -0.05) is 6.07 Å². The lowest BCUT2D eigenvalue weighted by atomic mass is 10.3. The quantitative estimate of drug-likeness (QED) is 0.537. The van der Waals surface area contributed by atoms with E-state index in [9.17, 15) is 4.79 Å². The molecule has 4 aromatic rings. The summed E-state index contributed by atoms with van der Waals surface area (Å²) < 4.78 is 8.86. The highest BCUT2D eigenvalue weighted by molar-refractivity contribution is 5.89. The topological polar surface area (TPSA) is 74.3 Å². The van der Waals surface area contributed by atoms with Gasteiger partial charge in [-0.2, -0.15) is 5.10 Å². The Hall–Kier alpha value is -3.48. The predicted molar refractivity (Wildman–Crippen MR) is 90.4 cm³/mol. The van der Waals surface area contributed by atoms with Crippen molar-refractivity contribution in [2.45, 2.75) is 13.5 Å². The fraction of sp³-hybridized carbons (Fsp3) is 0.111. The van der Waals surface area contributed by atoms with E-state index in [1.807, 2.05) is 35.9 Å². The van der Waals surface area contributed by atoms with Gasteiger partial charge in [-0.25, -0.2) is 19.4 Å². The molecule has 7 heteroatoms. The molecule has 0 fully saturated rings. The van der Waals surface area contributed by atoms with E-state index in [1.54, 1.807) is 35.3 Å². The van der Waals surface area contributed by atoms with Crippen LogP contribution in [0.4, 0.5) is 0 Å². The van der Waals surface area contributed by atoms with Gasteiger partial charge in [0.25, 0.3) is 0 Å². The number of pyridine rings is 2. The first-order valence-corrected chi connectivity index (χ1v) is 7.76. The van der Waals surface area contributed by atoms with Crippen molar-refractivity contribution in [2.75, 3.05) is 0 Å². The lowest BCUT2D eigenvalue weighted by molar-refractivity contribution is 0.0468. The Morgan fingerprint density at radius 2 is 2.12 bits per heavy atom. The Bertz CT molecular complexity index is 1020. The van der Waals surface area contributed by atoms with E-state index in [1.165, 1.54) is 6.20 Å². The van der Waals surface area contributed by atoms with E-state index in [2.05, 4.69) is 15.1 Å². The number of fused-ring (bicyclic) bond motifs is 1. The first kappa shape index (κ1) is 15.1. The lowest BCUT2D eigenvalue weighted by Gasteiger charge is -2.04. The molecule has 0 saturated carbocycles. The molecule has 124 valence electrons. The van der Waals surface area contributed by atoms with Gasteiger partial charge in [0.15, 0.2) is 5.82 Å². The molecule has 4 heterocycles. The highest BCUT2D eigenvalue weighted by Crippen LogP contribution is 2.10. The number of rotatable bonds is 4. The molecule has 25 heavy (non-hydrogen) atoms. The molecule has 0 atom stereocenters. The van der Waals surface area contributed by atoms with Crippen LogP contribution in [0.15, 0.2) is 61.3 Å². The molecule has 0 aromatic carbocycles. The smallest absolute Gasteiger partial charge is 0.340 e. The largest absolute Gasteiger partial charge is 0.455 e. The van der Waals surface area contributed by atoms with E-state index in [4.69, 9.17) is 4.74 Å². The maximum Gasteiger partial charge on any atom is 0.340 e. The van der Waals surface area contributed by atoms with Crippen molar-refractivity contribution in [3.63, 3.8) is 0 Å². The predicted octanol–water partition coefficient (Wildman–Crippen LogP) is 2.58. The van der Waals surface area contributed by atoms with Gasteiger partial charge in [0, 0.05) is 31.0 Å². The number of imidazole rings is 1. The van der Waals surface area contributed by atoms with Crippen molar-refractivity contribution >= 4 is 11.6 Å². The van der Waals surface area contributed by atoms with E-state index in [0.717, 1.165) is 11.2 Å². The first-order valence-electron chi connectivity index (χ1n) is 7.76. The van der Waals surface area contributed by atoms with Gasteiger partial charge < -0.3 is 9.14 Å². The molecule has 0 bridgehead atoms. The minimum Gasteiger partial charge on any atom is -0.455 e. The third-order valence-electron chi connectivity index (χ3n) is 3.72. The van der Waals surface area contributed by atoms with E-state index in [0.29, 0.717) is 17.1 Å². The number of carbonyl (C=O) groups excluding carboxylic acids is 1. The van der Waals surface area contributed by atoms with Gasteiger partial charge in [-0.05, 0) is 36.8 Å². The van der Waals surface area contributed by atoms with Crippen LogP contribution in [0.5, 0.6) is 0 Å². The molecule has 0 aliphatic carbocycles. The number of nitrogens with zero attached hydrogens (tertiary/aromatic N) is 5. The van der Waals surface area contributed by atoms with Crippen molar-refractivity contribution < 1.29 is 9.53 Å². The summed E-state index contributed by atoms with van der Waals surface area (Å²) >= 11 is 0. The molecule has 0 unspecified atom stereocenters. The Balaban J connectivity index is 1.44. The number of esters is 1. The van der Waals surface area contributed by atoms with Crippen molar-refractivity contribution in [3.05, 3.63) is 78.1 Å². The summed E-state index contributed by atoms with van der Waals surface area (Å²) in [5.41, 5.74) is 3.04. The molecule has 4 aromatic heterocycles. The van der Waals surface area contributed by atoms with Crippen LogP contribution in [0.25, 0.3) is 11.5 Å². The van der Waals surface area contributed by atoms with Gasteiger partial charge in [-0.15, -0.1) is 0 Å². The van der Waals surface area contributed by atoms with Crippen LogP contribution in [-0.2, 0) is 11.3 Å². The standard InChI is InChI=1S/C18H15N5O2/c1-13-3-5-17-21-15(11-22(17)10-13)12-25-18(24)14-4-6-16(19-9-14)23-8-2-7-20-23/h2-11H,12H2,1H3. The number of aryl methyl sites for hydroxylation is 1. The second kappa shape index (κ2) is 6.20. The fourth-order valence-electron chi connectivity index (χ4n) is 2.49. The van der Waals surface area contributed by atoms with Crippen LogP contribution in [-0.4, -0.2) is 30.1 Å². The van der Waals surface area contributed by atoms with Crippen LogP contribution >= 0.6 is 0 Å². The average molecular weight is 333 g/mol. The van der Waals surface area contributed by atoms with E-state index < -0.39 is 5.97 Å². The molecule has 0 amide bonds. The Kier molecular flexibility index (Phi) is 3.74. The first-order chi connectivity index (χ1) is 12.2. The lowest BCUT2D eigenvalue weighted by Crippen LogP contribution is -2.07. The molecule has 0 radical (unpaired) electrons. The molecule has 0 aliphatic rings. The number of carbonyl (C=O) groups is 1. The van der Waals surface area contributed by atoms with Gasteiger partial charge >= 0.3 is 5.97 Å². The van der Waals surface area contributed by atoms with Gasteiger partial charge in [0.1, 0.15) is 12.3 Å². The van der Waals surface area contributed by atoms with Crippen LogP contribution in [0.1, 0.15) is 21.6 Å². The second-order valence-electron chi connectivity index (χ2n) is 5.64. The monoisotopic (exact) mass is 333 g/mol. The summed E-state index contributed by atoms with van der Waals surface area (Å²) in [6.07, 6.45) is 8.76. The Morgan fingerprint density at radius 3 is 2.88 bits per heavy atom. The third kappa shape index (κ3) is 3.12. The fourth-order valence-corrected chi connectivity index (χ4v) is 2.49. The van der Waals surface area contributed by atoms with Crippen molar-refractivity contribution in [3.8, 4) is 5.82 Å². The number of hydrogen-bond donors (Lipinski definition) is 0. The molecule has 7 nitrogen and oxygen atoms in total. The zero-order valence-electron chi connectivity index (χ0n) is 13.5. The van der Waals surface area contributed by atoms with Crippen LogP contribution in [0, 0.1) is 6.92 Å². The summed E-state index contributed by atoms with van der Waals surface area (Å²) in [4.78, 5) is 20.8. The maximum absolute atomic E-state index is 12.2. The summed E-state index contributed by atoms with van der Waals surface area (Å²) in [5, 5.41) is 4.09. The zero-order valence-corrected chi connectivity index (χ0v) is 13.5. The minimum absolute atomic E-state index is 0.112. The summed E-state index contributed by atoms with van der Waals surface area (Å²) in [5.74, 6) is 0.199. The van der Waals surface area contributed by atoms with Crippen LogP contribution in [0.3, 0.4) is 0 Å². The maximum atomic E-state index is 12.2. The van der Waals surface area contributed by atoms with Crippen LogP contribution in [0.2, 0.25) is 0 Å². The number of aromatic nitrogens is 5. The van der Waals surface area contributed by atoms with Crippen molar-refractivity contribution in [2.24, 2.45) is 0 Å². The normalized spacial score (nSPS) is 10.9. The molecule has 0 spiro atoms. The Morgan fingerprint density at radius 1 is 1.20 bits per heavy atom. The van der Waals surface area contributed by atoms with Crippen molar-refractivity contribution in [1.82, 2.24) is 24.1 Å². The molecular weight excluding hydrogens is 318 g/mol. The SMILES string of the molecule is Cc1ccc2nc(COC(=O)c3ccc(-n4cccn4)nc3)cn2c1. The summed E-state index contributed by atoms with van der Waals surface area (Å²) in [6.45, 7) is 2.12. The summed E-state index contributed by atoms with van der Waals surface area (Å²) in [6, 6.07) is 9.11. The Labute approximate surface area is 143 Å². The number of hydrogen-bond acceptors (Lipinski definition) is 5. The zero-order chi connectivity index (χ0) is 17.2. The molecule has 0 aliphatic heterocycles. The molecule has 4 rings (SSSR count). The highest BCUT2D eigenvalue weighted by Gasteiger charge is 2.10. The minimum atomic E-state index is -0.437.